The molecule has 0 aromatic heterocycles. The summed E-state index contributed by atoms with van der Waals surface area (Å²) in [7, 11) is 0. The predicted molar refractivity (Wildman–Crippen MR) is 75.2 cm³/mol. The number of hydrogen-bond acceptors (Lipinski definition) is 4. The lowest BCUT2D eigenvalue weighted by Crippen LogP contribution is -2.49. The molecule has 0 spiro atoms. The average molecular weight is 291 g/mol. The second kappa shape index (κ2) is 6.85. The summed E-state index contributed by atoms with van der Waals surface area (Å²) in [6.45, 7) is 2.67. The van der Waals surface area contributed by atoms with E-state index in [1.54, 1.807) is 4.90 Å². The quantitative estimate of drug-likeness (QED) is 0.697. The third kappa shape index (κ3) is 4.03. The summed E-state index contributed by atoms with van der Waals surface area (Å²) < 4.78 is 0. The van der Waals surface area contributed by atoms with E-state index in [0.29, 0.717) is 13.1 Å². The summed E-state index contributed by atoms with van der Waals surface area (Å²) in [5.74, 6) is -1.69. The maximum Gasteiger partial charge on any atom is 0.335 e. The van der Waals surface area contributed by atoms with Crippen molar-refractivity contribution in [2.45, 2.75) is 0 Å². The Morgan fingerprint density at radius 2 is 1.86 bits per heavy atom. The molecule has 1 aromatic rings. The number of piperazine rings is 1. The summed E-state index contributed by atoms with van der Waals surface area (Å²) in [6, 6.07) is 5.70. The number of carbonyl (C=O) groups is 3. The van der Waals surface area contributed by atoms with Gasteiger partial charge in [-0.1, -0.05) is 6.07 Å². The molecule has 1 fully saturated rings. The fourth-order valence-electron chi connectivity index (χ4n) is 2.08. The van der Waals surface area contributed by atoms with E-state index >= 15 is 0 Å². The maximum atomic E-state index is 11.9. The zero-order chi connectivity index (χ0) is 15.2. The summed E-state index contributed by atoms with van der Waals surface area (Å²) >= 11 is 0. The highest BCUT2D eigenvalue weighted by atomic mass is 16.4. The number of rotatable bonds is 4. The van der Waals surface area contributed by atoms with Gasteiger partial charge in [0.25, 0.3) is 5.91 Å². The normalized spacial score (nSPS) is 14.6. The zero-order valence-corrected chi connectivity index (χ0v) is 11.5. The van der Waals surface area contributed by atoms with Crippen molar-refractivity contribution in [2.24, 2.45) is 0 Å². The Morgan fingerprint density at radius 3 is 2.52 bits per heavy atom. The van der Waals surface area contributed by atoms with Gasteiger partial charge < -0.3 is 20.6 Å². The fourth-order valence-corrected chi connectivity index (χ4v) is 2.08. The molecule has 2 rings (SSSR count). The number of amides is 2. The first-order chi connectivity index (χ1) is 10.1. The minimum atomic E-state index is -1.10. The van der Waals surface area contributed by atoms with Crippen molar-refractivity contribution in [1.82, 2.24) is 15.5 Å². The Bertz CT molecular complexity index is 553. The highest BCUT2D eigenvalue weighted by molar-refractivity contribution is 5.98. The molecule has 2 amide bonds. The summed E-state index contributed by atoms with van der Waals surface area (Å²) in [5.41, 5.74) is 0.263. The predicted octanol–water partition coefficient (Wildman–Crippen LogP) is -0.454. The molecule has 1 aromatic carbocycles. The summed E-state index contributed by atoms with van der Waals surface area (Å²) in [4.78, 5) is 36.4. The monoisotopic (exact) mass is 291 g/mol. The second-order valence-corrected chi connectivity index (χ2v) is 4.70. The minimum absolute atomic E-state index is 0.0380. The van der Waals surface area contributed by atoms with Crippen LogP contribution in [0.4, 0.5) is 0 Å². The molecule has 0 atom stereocenters. The van der Waals surface area contributed by atoms with Crippen molar-refractivity contribution in [3.63, 3.8) is 0 Å². The number of aromatic carboxylic acids is 1. The van der Waals surface area contributed by atoms with Crippen molar-refractivity contribution in [2.75, 3.05) is 32.7 Å². The van der Waals surface area contributed by atoms with Crippen LogP contribution in [-0.2, 0) is 4.79 Å². The van der Waals surface area contributed by atoms with Crippen molar-refractivity contribution in [3.8, 4) is 0 Å². The Balaban J connectivity index is 1.90. The van der Waals surface area contributed by atoms with Gasteiger partial charge in [0.15, 0.2) is 0 Å². The molecule has 1 aliphatic heterocycles. The highest BCUT2D eigenvalue weighted by Gasteiger charge is 2.17. The van der Waals surface area contributed by atoms with E-state index in [-0.39, 0.29) is 23.6 Å². The molecule has 1 saturated heterocycles. The molecule has 0 bridgehead atoms. The van der Waals surface area contributed by atoms with Crippen molar-refractivity contribution in [1.29, 1.82) is 0 Å². The second-order valence-electron chi connectivity index (χ2n) is 4.70. The molecular weight excluding hydrogens is 274 g/mol. The largest absolute Gasteiger partial charge is 0.478 e. The van der Waals surface area contributed by atoms with Gasteiger partial charge in [-0.05, 0) is 18.2 Å². The number of nitrogens with one attached hydrogen (secondary N) is 2. The van der Waals surface area contributed by atoms with Gasteiger partial charge in [0.1, 0.15) is 0 Å². The lowest BCUT2D eigenvalue weighted by molar-refractivity contribution is -0.130. The lowest BCUT2D eigenvalue weighted by Gasteiger charge is -2.27. The van der Waals surface area contributed by atoms with Crippen LogP contribution < -0.4 is 10.6 Å². The molecule has 7 heteroatoms. The Kier molecular flexibility index (Phi) is 4.89. The number of carbonyl (C=O) groups excluding carboxylic acids is 2. The topological polar surface area (TPSA) is 98.7 Å². The lowest BCUT2D eigenvalue weighted by atomic mass is 10.1. The molecule has 1 heterocycles. The molecule has 3 N–H and O–H groups in total. The van der Waals surface area contributed by atoms with Crippen LogP contribution >= 0.6 is 0 Å². The summed E-state index contributed by atoms with van der Waals surface area (Å²) in [5, 5.41) is 14.5. The number of benzene rings is 1. The van der Waals surface area contributed by atoms with Crippen LogP contribution in [0.15, 0.2) is 24.3 Å². The van der Waals surface area contributed by atoms with E-state index in [2.05, 4.69) is 10.6 Å². The van der Waals surface area contributed by atoms with Crippen molar-refractivity contribution < 1.29 is 19.5 Å². The van der Waals surface area contributed by atoms with Crippen LogP contribution in [0.5, 0.6) is 0 Å². The van der Waals surface area contributed by atoms with E-state index < -0.39 is 11.9 Å². The Hall–Kier alpha value is -2.41. The van der Waals surface area contributed by atoms with Crippen LogP contribution in [0.1, 0.15) is 20.7 Å². The summed E-state index contributed by atoms with van der Waals surface area (Å²) in [6.07, 6.45) is 0. The van der Waals surface area contributed by atoms with Gasteiger partial charge in [0.05, 0.1) is 12.1 Å². The smallest absolute Gasteiger partial charge is 0.335 e. The van der Waals surface area contributed by atoms with Gasteiger partial charge >= 0.3 is 5.97 Å². The molecule has 7 nitrogen and oxygen atoms in total. The fraction of sp³-hybridized carbons (Fsp3) is 0.357. The zero-order valence-electron chi connectivity index (χ0n) is 11.5. The Morgan fingerprint density at radius 1 is 1.19 bits per heavy atom. The third-order valence-electron chi connectivity index (χ3n) is 3.24. The third-order valence-corrected chi connectivity index (χ3v) is 3.24. The Labute approximate surface area is 121 Å². The molecular formula is C14H17N3O4. The molecule has 112 valence electrons. The SMILES string of the molecule is O=C(O)c1cccc(C(=O)NCC(=O)N2CCNCC2)c1. The molecule has 1 aliphatic rings. The first kappa shape index (κ1) is 15.0. The first-order valence-corrected chi connectivity index (χ1v) is 6.68. The van der Waals surface area contributed by atoms with Gasteiger partial charge in [-0.3, -0.25) is 9.59 Å². The molecule has 0 saturated carbocycles. The van der Waals surface area contributed by atoms with Gasteiger partial charge in [-0.25, -0.2) is 4.79 Å². The van der Waals surface area contributed by atoms with Gasteiger partial charge in [0.2, 0.25) is 5.91 Å². The standard InChI is InChI=1S/C14H17N3O4/c18-12(17-6-4-15-5-7-17)9-16-13(19)10-2-1-3-11(8-10)14(20)21/h1-3,8,15H,4-7,9H2,(H,16,19)(H,20,21). The highest BCUT2D eigenvalue weighted by Crippen LogP contribution is 2.05. The molecule has 0 aliphatic carbocycles. The van der Waals surface area contributed by atoms with Crippen LogP contribution in [0.2, 0.25) is 0 Å². The number of carboxylic acid groups (broad SMARTS) is 1. The van der Waals surface area contributed by atoms with E-state index in [1.165, 1.54) is 24.3 Å². The van der Waals surface area contributed by atoms with Crippen molar-refractivity contribution in [3.05, 3.63) is 35.4 Å². The molecule has 0 radical (unpaired) electrons. The number of nitrogens with zero attached hydrogens (tertiary/aromatic N) is 1. The van der Waals surface area contributed by atoms with Crippen molar-refractivity contribution >= 4 is 17.8 Å². The average Bonchev–Trinajstić information content (AvgIpc) is 2.53. The van der Waals surface area contributed by atoms with Gasteiger partial charge in [-0.15, -0.1) is 0 Å². The maximum absolute atomic E-state index is 11.9. The van der Waals surface area contributed by atoms with Gasteiger partial charge in [-0.2, -0.15) is 0 Å². The van der Waals surface area contributed by atoms with E-state index in [9.17, 15) is 14.4 Å². The van der Waals surface area contributed by atoms with E-state index in [4.69, 9.17) is 5.11 Å². The molecule has 21 heavy (non-hydrogen) atoms. The first-order valence-electron chi connectivity index (χ1n) is 6.68. The van der Waals surface area contributed by atoms with Gasteiger partial charge in [0, 0.05) is 31.7 Å². The minimum Gasteiger partial charge on any atom is -0.478 e. The van der Waals surface area contributed by atoms with Crippen LogP contribution in [0.3, 0.4) is 0 Å². The van der Waals surface area contributed by atoms with E-state index in [1.807, 2.05) is 0 Å². The van der Waals surface area contributed by atoms with Crippen LogP contribution in [0, 0.1) is 0 Å². The number of hydrogen-bond donors (Lipinski definition) is 3. The molecule has 0 unspecified atom stereocenters. The number of carboxylic acids is 1. The van der Waals surface area contributed by atoms with Crippen LogP contribution in [-0.4, -0.2) is 60.5 Å². The van der Waals surface area contributed by atoms with Crippen LogP contribution in [0.25, 0.3) is 0 Å². The van der Waals surface area contributed by atoms with E-state index in [0.717, 1.165) is 13.1 Å².